The molecule has 5 heteroatoms. The van der Waals surface area contributed by atoms with Gasteiger partial charge in [-0.2, -0.15) is 11.8 Å². The molecule has 0 aromatic heterocycles. The van der Waals surface area contributed by atoms with Gasteiger partial charge in [0.05, 0.1) is 11.8 Å². The Bertz CT molecular complexity index is 202. The van der Waals surface area contributed by atoms with Crippen molar-refractivity contribution in [3.8, 4) is 0 Å². The lowest BCUT2D eigenvalue weighted by atomic mass is 10.2. The largest absolute Gasteiger partial charge is 0.464 e. The summed E-state index contributed by atoms with van der Waals surface area (Å²) < 4.78 is 4.83. The van der Waals surface area contributed by atoms with Crippen molar-refractivity contribution in [3.05, 3.63) is 0 Å². The fourth-order valence-corrected chi connectivity index (χ4v) is 1.35. The van der Waals surface area contributed by atoms with Crippen LogP contribution in [-0.4, -0.2) is 35.8 Å². The first-order chi connectivity index (χ1) is 6.26. The molecule has 0 fully saturated rings. The maximum absolute atomic E-state index is 11.2. The number of isothiocyanates is 1. The Morgan fingerprint density at radius 3 is 2.92 bits per heavy atom. The van der Waals surface area contributed by atoms with Gasteiger partial charge >= 0.3 is 5.97 Å². The second kappa shape index (κ2) is 8.23. The van der Waals surface area contributed by atoms with Crippen molar-refractivity contribution in [3.63, 3.8) is 0 Å². The summed E-state index contributed by atoms with van der Waals surface area (Å²) in [5.74, 6) is 0.554. The summed E-state index contributed by atoms with van der Waals surface area (Å²) in [5.41, 5.74) is 0. The number of thiocarbonyl (C=S) groups is 1. The van der Waals surface area contributed by atoms with Crippen LogP contribution in [-0.2, 0) is 9.53 Å². The Morgan fingerprint density at radius 2 is 2.46 bits per heavy atom. The smallest absolute Gasteiger partial charge is 0.331 e. The number of esters is 1. The molecule has 0 radical (unpaired) electrons. The lowest BCUT2D eigenvalue weighted by Gasteiger charge is -2.08. The Balaban J connectivity index is 4.06. The molecular weight excluding hydrogens is 206 g/mol. The van der Waals surface area contributed by atoms with Gasteiger partial charge in [0.2, 0.25) is 0 Å². The van der Waals surface area contributed by atoms with Gasteiger partial charge in [-0.3, -0.25) is 0 Å². The van der Waals surface area contributed by atoms with Crippen molar-refractivity contribution >= 4 is 35.1 Å². The molecule has 0 spiro atoms. The van der Waals surface area contributed by atoms with E-state index in [0.29, 0.717) is 13.0 Å². The van der Waals surface area contributed by atoms with Gasteiger partial charge in [-0.15, -0.1) is 0 Å². The number of carbonyl (C=O) groups excluding carboxylic acids is 1. The number of aliphatic imine (C=N–C) groups is 1. The number of carbonyl (C=O) groups is 1. The second-order valence-electron chi connectivity index (χ2n) is 2.27. The highest BCUT2D eigenvalue weighted by Gasteiger charge is 2.17. The number of nitrogens with zero attached hydrogens (tertiary/aromatic N) is 1. The average molecular weight is 219 g/mol. The highest BCUT2D eigenvalue weighted by Crippen LogP contribution is 2.05. The van der Waals surface area contributed by atoms with Crippen LogP contribution >= 0.6 is 24.0 Å². The van der Waals surface area contributed by atoms with Crippen molar-refractivity contribution in [1.82, 2.24) is 0 Å². The van der Waals surface area contributed by atoms with Gasteiger partial charge in [0.25, 0.3) is 0 Å². The molecule has 0 aliphatic carbocycles. The first kappa shape index (κ1) is 12.6. The van der Waals surface area contributed by atoms with Crippen molar-refractivity contribution < 1.29 is 9.53 Å². The minimum Gasteiger partial charge on any atom is -0.464 e. The quantitative estimate of drug-likeness (QED) is 0.388. The third kappa shape index (κ3) is 5.80. The molecule has 0 heterocycles. The van der Waals surface area contributed by atoms with Crippen molar-refractivity contribution in [2.45, 2.75) is 19.4 Å². The van der Waals surface area contributed by atoms with Gasteiger partial charge in [0, 0.05) is 0 Å². The van der Waals surface area contributed by atoms with Crippen LogP contribution in [0.3, 0.4) is 0 Å². The molecule has 74 valence electrons. The molecule has 0 N–H and O–H groups in total. The zero-order chi connectivity index (χ0) is 10.1. The molecule has 0 aromatic rings. The summed E-state index contributed by atoms with van der Waals surface area (Å²) in [5, 5.41) is 2.21. The highest BCUT2D eigenvalue weighted by molar-refractivity contribution is 7.98. The van der Waals surface area contributed by atoms with E-state index in [1.807, 2.05) is 6.26 Å². The third-order valence-electron chi connectivity index (χ3n) is 1.36. The Kier molecular flexibility index (Phi) is 7.99. The molecule has 0 aliphatic rings. The summed E-state index contributed by atoms with van der Waals surface area (Å²) in [4.78, 5) is 15.0. The van der Waals surface area contributed by atoms with Gasteiger partial charge < -0.3 is 4.74 Å². The van der Waals surface area contributed by atoms with E-state index in [2.05, 4.69) is 22.4 Å². The summed E-state index contributed by atoms with van der Waals surface area (Å²) in [6, 6.07) is -0.468. The van der Waals surface area contributed by atoms with E-state index in [9.17, 15) is 4.79 Å². The minimum absolute atomic E-state index is 0.311. The van der Waals surface area contributed by atoms with Gasteiger partial charge in [-0.05, 0) is 37.6 Å². The van der Waals surface area contributed by atoms with Crippen LogP contribution in [0, 0.1) is 0 Å². The van der Waals surface area contributed by atoms with Crippen LogP contribution in [0.2, 0.25) is 0 Å². The van der Waals surface area contributed by atoms with Crippen LogP contribution in [0.25, 0.3) is 0 Å². The normalized spacial score (nSPS) is 11.5. The Morgan fingerprint density at radius 1 is 1.77 bits per heavy atom. The molecule has 0 rings (SSSR count). The molecule has 0 saturated carbocycles. The second-order valence-corrected chi connectivity index (χ2v) is 3.44. The number of hydrogen-bond donors (Lipinski definition) is 0. The van der Waals surface area contributed by atoms with Crippen molar-refractivity contribution in [2.24, 2.45) is 4.99 Å². The molecule has 0 bridgehead atoms. The maximum atomic E-state index is 11.2. The van der Waals surface area contributed by atoms with Crippen LogP contribution < -0.4 is 0 Å². The van der Waals surface area contributed by atoms with Gasteiger partial charge in [-0.1, -0.05) is 0 Å². The standard InChI is InChI=1S/C8H13NO2S2/c1-3-11-8(10)7(9-6-12)4-5-13-2/h7H,3-5H2,1-2H3/t7-/m1/s1. The molecule has 0 amide bonds. The molecule has 0 unspecified atom stereocenters. The molecule has 0 aliphatic heterocycles. The fourth-order valence-electron chi connectivity index (χ4n) is 0.767. The number of thioether (sulfide) groups is 1. The van der Waals surface area contributed by atoms with Crippen LogP contribution in [0.15, 0.2) is 4.99 Å². The fraction of sp³-hybridized carbons (Fsp3) is 0.750. The van der Waals surface area contributed by atoms with Crippen LogP contribution in [0.5, 0.6) is 0 Å². The van der Waals surface area contributed by atoms with E-state index < -0.39 is 6.04 Å². The molecule has 0 aromatic carbocycles. The van der Waals surface area contributed by atoms with E-state index >= 15 is 0 Å². The topological polar surface area (TPSA) is 38.7 Å². The van der Waals surface area contributed by atoms with E-state index in [0.717, 1.165) is 5.75 Å². The molecule has 13 heavy (non-hydrogen) atoms. The zero-order valence-electron chi connectivity index (χ0n) is 7.78. The van der Waals surface area contributed by atoms with Crippen LogP contribution in [0.1, 0.15) is 13.3 Å². The monoisotopic (exact) mass is 219 g/mol. The van der Waals surface area contributed by atoms with Crippen molar-refractivity contribution in [1.29, 1.82) is 0 Å². The average Bonchev–Trinajstić information content (AvgIpc) is 2.12. The predicted octanol–water partition coefficient (Wildman–Crippen LogP) is 1.77. The summed E-state index contributed by atoms with van der Waals surface area (Å²) in [6.07, 6.45) is 2.63. The van der Waals surface area contributed by atoms with Gasteiger partial charge in [-0.25, -0.2) is 9.79 Å². The Hall–Kier alpha value is -0.380. The van der Waals surface area contributed by atoms with E-state index in [4.69, 9.17) is 4.74 Å². The maximum Gasteiger partial charge on any atom is 0.331 e. The minimum atomic E-state index is -0.468. The predicted molar refractivity (Wildman–Crippen MR) is 58.4 cm³/mol. The summed E-state index contributed by atoms with van der Waals surface area (Å²) in [7, 11) is 0. The van der Waals surface area contributed by atoms with E-state index in [-0.39, 0.29) is 5.97 Å². The zero-order valence-corrected chi connectivity index (χ0v) is 9.41. The lowest BCUT2D eigenvalue weighted by molar-refractivity contribution is -0.144. The number of ether oxygens (including phenoxy) is 1. The summed E-state index contributed by atoms with van der Waals surface area (Å²) in [6.45, 7) is 2.15. The molecular formula is C8H13NO2S2. The third-order valence-corrected chi connectivity index (χ3v) is 2.11. The first-order valence-electron chi connectivity index (χ1n) is 3.98. The van der Waals surface area contributed by atoms with Gasteiger partial charge in [0.15, 0.2) is 6.04 Å². The Labute approximate surface area is 87.9 Å². The highest BCUT2D eigenvalue weighted by atomic mass is 32.2. The first-order valence-corrected chi connectivity index (χ1v) is 5.79. The number of rotatable bonds is 6. The lowest BCUT2D eigenvalue weighted by Crippen LogP contribution is -2.22. The van der Waals surface area contributed by atoms with Crippen LogP contribution in [0.4, 0.5) is 0 Å². The van der Waals surface area contributed by atoms with E-state index in [1.165, 1.54) is 0 Å². The van der Waals surface area contributed by atoms with E-state index in [1.54, 1.807) is 18.7 Å². The SMILES string of the molecule is CCOC(=O)[C@@H](CCSC)N=C=S. The molecule has 1 atom stereocenters. The van der Waals surface area contributed by atoms with Gasteiger partial charge in [0.1, 0.15) is 0 Å². The summed E-state index contributed by atoms with van der Waals surface area (Å²) >= 11 is 6.11. The molecule has 0 saturated heterocycles. The molecule has 3 nitrogen and oxygen atoms in total. The number of hydrogen-bond acceptors (Lipinski definition) is 5. The van der Waals surface area contributed by atoms with Crippen molar-refractivity contribution in [2.75, 3.05) is 18.6 Å².